The Morgan fingerprint density at radius 1 is 1.21 bits per heavy atom. The highest BCUT2D eigenvalue weighted by Crippen LogP contribution is 2.43. The summed E-state index contributed by atoms with van der Waals surface area (Å²) < 4.78 is 5.53. The Morgan fingerprint density at radius 3 is 2.63 bits per heavy atom. The molecule has 0 aromatic heterocycles. The molecule has 2 nitrogen and oxygen atoms in total. The molecule has 1 N–H and O–H groups in total. The van der Waals surface area contributed by atoms with Crippen LogP contribution < -0.4 is 4.74 Å². The van der Waals surface area contributed by atoms with Crippen molar-refractivity contribution >= 4 is 0 Å². The molecule has 2 unspecified atom stereocenters. The highest BCUT2D eigenvalue weighted by atomic mass is 16.5. The lowest BCUT2D eigenvalue weighted by molar-refractivity contribution is 0.0170. The highest BCUT2D eigenvalue weighted by Gasteiger charge is 2.35. The number of benzene rings is 1. The fourth-order valence-electron chi connectivity index (χ4n) is 3.43. The van der Waals surface area contributed by atoms with Crippen molar-refractivity contribution in [2.75, 3.05) is 7.11 Å². The molecule has 0 heterocycles. The zero-order valence-corrected chi connectivity index (χ0v) is 12.6. The molecule has 1 aliphatic rings. The van der Waals surface area contributed by atoms with Gasteiger partial charge in [-0.3, -0.25) is 0 Å². The van der Waals surface area contributed by atoms with Gasteiger partial charge in [-0.15, -0.1) is 0 Å². The monoisotopic (exact) mass is 262 g/mol. The van der Waals surface area contributed by atoms with Crippen molar-refractivity contribution in [3.8, 4) is 5.75 Å². The maximum atomic E-state index is 11.1. The zero-order chi connectivity index (χ0) is 14.0. The summed E-state index contributed by atoms with van der Waals surface area (Å²) in [6.07, 6.45) is 5.09. The average Bonchev–Trinajstić information content (AvgIpc) is 2.51. The first kappa shape index (κ1) is 14.4. The van der Waals surface area contributed by atoms with Gasteiger partial charge in [-0.2, -0.15) is 0 Å². The van der Waals surface area contributed by atoms with Crippen LogP contribution in [0, 0.1) is 19.8 Å². The van der Waals surface area contributed by atoms with Crippen molar-refractivity contribution in [1.82, 2.24) is 0 Å². The Balaban J connectivity index is 2.44. The molecule has 0 spiro atoms. The molecule has 106 valence electrons. The maximum Gasteiger partial charge on any atom is 0.125 e. The van der Waals surface area contributed by atoms with Gasteiger partial charge in [-0.05, 0) is 62.6 Å². The minimum absolute atomic E-state index is 0.714. The number of ether oxygens (including phenoxy) is 1. The SMILES string of the molecule is COc1cc(C)cc(C)c1C1(O)CCCC(C)CC1. The fraction of sp³-hybridized carbons (Fsp3) is 0.647. The van der Waals surface area contributed by atoms with Gasteiger partial charge < -0.3 is 9.84 Å². The normalized spacial score (nSPS) is 27.9. The first-order valence-corrected chi connectivity index (χ1v) is 7.34. The molecule has 19 heavy (non-hydrogen) atoms. The topological polar surface area (TPSA) is 29.5 Å². The van der Waals surface area contributed by atoms with Gasteiger partial charge in [0.1, 0.15) is 5.75 Å². The summed E-state index contributed by atoms with van der Waals surface area (Å²) in [6.45, 7) is 6.43. The number of methoxy groups -OCH3 is 1. The van der Waals surface area contributed by atoms with Crippen LogP contribution in [0.5, 0.6) is 5.75 Å². The van der Waals surface area contributed by atoms with Crippen LogP contribution in [0.1, 0.15) is 55.7 Å². The lowest BCUT2D eigenvalue weighted by Crippen LogP contribution is -2.27. The van der Waals surface area contributed by atoms with E-state index in [1.165, 1.54) is 12.0 Å². The molecule has 2 rings (SSSR count). The first-order chi connectivity index (χ1) is 8.96. The highest BCUT2D eigenvalue weighted by molar-refractivity contribution is 5.46. The second kappa shape index (κ2) is 5.54. The minimum Gasteiger partial charge on any atom is -0.496 e. The van der Waals surface area contributed by atoms with Crippen LogP contribution in [0.3, 0.4) is 0 Å². The Kier molecular flexibility index (Phi) is 4.19. The first-order valence-electron chi connectivity index (χ1n) is 7.34. The van der Waals surface area contributed by atoms with Gasteiger partial charge in [0.25, 0.3) is 0 Å². The molecule has 1 aromatic carbocycles. The van der Waals surface area contributed by atoms with Gasteiger partial charge in [0, 0.05) is 5.56 Å². The summed E-state index contributed by atoms with van der Waals surface area (Å²) in [5.74, 6) is 1.56. The van der Waals surface area contributed by atoms with Crippen molar-refractivity contribution < 1.29 is 9.84 Å². The molecule has 0 bridgehead atoms. The molecule has 1 saturated carbocycles. The van der Waals surface area contributed by atoms with E-state index in [4.69, 9.17) is 4.74 Å². The third kappa shape index (κ3) is 2.94. The van der Waals surface area contributed by atoms with Gasteiger partial charge >= 0.3 is 0 Å². The van der Waals surface area contributed by atoms with Crippen LogP contribution in [0.2, 0.25) is 0 Å². The Hall–Kier alpha value is -1.02. The quantitative estimate of drug-likeness (QED) is 0.813. The van der Waals surface area contributed by atoms with Crippen LogP contribution in [0.15, 0.2) is 12.1 Å². The molecule has 0 aliphatic heterocycles. The van der Waals surface area contributed by atoms with E-state index >= 15 is 0 Å². The van der Waals surface area contributed by atoms with Crippen LogP contribution >= 0.6 is 0 Å². The molecule has 0 amide bonds. The molecular formula is C17H26O2. The molecule has 0 saturated heterocycles. The Morgan fingerprint density at radius 2 is 1.95 bits per heavy atom. The summed E-state index contributed by atoms with van der Waals surface area (Å²) in [4.78, 5) is 0. The molecule has 1 aromatic rings. The van der Waals surface area contributed by atoms with Gasteiger partial charge in [0.05, 0.1) is 12.7 Å². The zero-order valence-electron chi connectivity index (χ0n) is 12.6. The molecule has 1 aliphatic carbocycles. The second-order valence-electron chi connectivity index (χ2n) is 6.23. The lowest BCUT2D eigenvalue weighted by atomic mass is 9.82. The lowest BCUT2D eigenvalue weighted by Gasteiger charge is -2.31. The van der Waals surface area contributed by atoms with Crippen LogP contribution in [0.4, 0.5) is 0 Å². The van der Waals surface area contributed by atoms with E-state index in [1.54, 1.807) is 7.11 Å². The van der Waals surface area contributed by atoms with E-state index in [9.17, 15) is 5.11 Å². The summed E-state index contributed by atoms with van der Waals surface area (Å²) in [6, 6.07) is 4.18. The molecular weight excluding hydrogens is 236 g/mol. The predicted octanol–water partition coefficient (Wildman–Crippen LogP) is 4.10. The van der Waals surface area contributed by atoms with Crippen LogP contribution in [-0.2, 0) is 5.60 Å². The van der Waals surface area contributed by atoms with Crippen LogP contribution in [0.25, 0.3) is 0 Å². The molecule has 0 radical (unpaired) electrons. The predicted molar refractivity (Wildman–Crippen MR) is 78.6 cm³/mol. The van der Waals surface area contributed by atoms with Gasteiger partial charge in [0.15, 0.2) is 0 Å². The third-order valence-electron chi connectivity index (χ3n) is 4.47. The summed E-state index contributed by atoms with van der Waals surface area (Å²) in [5, 5.41) is 11.1. The largest absolute Gasteiger partial charge is 0.496 e. The van der Waals surface area contributed by atoms with E-state index in [-0.39, 0.29) is 0 Å². The van der Waals surface area contributed by atoms with Gasteiger partial charge in [-0.25, -0.2) is 0 Å². The van der Waals surface area contributed by atoms with Crippen LogP contribution in [-0.4, -0.2) is 12.2 Å². The van der Waals surface area contributed by atoms with Gasteiger partial charge in [0.2, 0.25) is 0 Å². The van der Waals surface area contributed by atoms with E-state index in [1.807, 2.05) is 6.07 Å². The Bertz CT molecular complexity index is 453. The number of aliphatic hydroxyl groups is 1. The van der Waals surface area contributed by atoms with Crippen molar-refractivity contribution in [3.63, 3.8) is 0 Å². The van der Waals surface area contributed by atoms with Crippen molar-refractivity contribution in [1.29, 1.82) is 0 Å². The smallest absolute Gasteiger partial charge is 0.125 e. The van der Waals surface area contributed by atoms with E-state index in [2.05, 4.69) is 26.8 Å². The maximum absolute atomic E-state index is 11.1. The molecule has 1 fully saturated rings. The van der Waals surface area contributed by atoms with E-state index in [0.29, 0.717) is 5.92 Å². The number of rotatable bonds is 2. The second-order valence-corrected chi connectivity index (χ2v) is 6.23. The van der Waals surface area contributed by atoms with E-state index in [0.717, 1.165) is 42.6 Å². The summed E-state index contributed by atoms with van der Waals surface area (Å²) in [5.41, 5.74) is 2.63. The van der Waals surface area contributed by atoms with Gasteiger partial charge in [-0.1, -0.05) is 19.4 Å². The minimum atomic E-state index is -0.714. The number of hydrogen-bond acceptors (Lipinski definition) is 2. The number of hydrogen-bond donors (Lipinski definition) is 1. The Labute approximate surface area is 116 Å². The molecule has 2 heteroatoms. The standard InChI is InChI=1S/C17H26O2/c1-12-6-5-8-17(18,9-7-12)16-14(3)10-13(2)11-15(16)19-4/h10-12,18H,5-9H2,1-4H3. The van der Waals surface area contributed by atoms with Crippen molar-refractivity contribution in [3.05, 3.63) is 28.8 Å². The fourth-order valence-corrected chi connectivity index (χ4v) is 3.43. The third-order valence-corrected chi connectivity index (χ3v) is 4.47. The number of aryl methyl sites for hydroxylation is 2. The van der Waals surface area contributed by atoms with Crippen molar-refractivity contribution in [2.45, 2.75) is 58.5 Å². The summed E-state index contributed by atoms with van der Waals surface area (Å²) in [7, 11) is 1.69. The molecule has 2 atom stereocenters. The average molecular weight is 262 g/mol. The van der Waals surface area contributed by atoms with E-state index < -0.39 is 5.60 Å². The summed E-state index contributed by atoms with van der Waals surface area (Å²) >= 11 is 0. The van der Waals surface area contributed by atoms with Crippen molar-refractivity contribution in [2.24, 2.45) is 5.92 Å².